The van der Waals surface area contributed by atoms with Gasteiger partial charge in [0.05, 0.1) is 13.2 Å². The van der Waals surface area contributed by atoms with Crippen LogP contribution in [0.15, 0.2) is 23.8 Å². The number of nitriles is 1. The van der Waals surface area contributed by atoms with Crippen LogP contribution in [0.3, 0.4) is 0 Å². The molecule has 0 fully saturated rings. The first kappa shape index (κ1) is 19.6. The van der Waals surface area contributed by atoms with E-state index in [1.165, 1.54) is 0 Å². The van der Waals surface area contributed by atoms with E-state index >= 15 is 0 Å². The number of hydrogen-bond donors (Lipinski definition) is 1. The second-order valence-electron chi connectivity index (χ2n) is 5.64. The fraction of sp³-hybridized carbons (Fsp3) is 0.474. The number of amides is 1. The minimum atomic E-state index is -0.381. The van der Waals surface area contributed by atoms with Crippen LogP contribution in [0.5, 0.6) is 11.5 Å². The second-order valence-corrected chi connectivity index (χ2v) is 5.64. The maximum absolute atomic E-state index is 12.0. The van der Waals surface area contributed by atoms with Crippen LogP contribution in [0, 0.1) is 11.3 Å². The van der Waals surface area contributed by atoms with Crippen LogP contribution in [-0.2, 0) is 4.79 Å². The zero-order valence-electron chi connectivity index (χ0n) is 14.9. The molecule has 0 heterocycles. The fourth-order valence-corrected chi connectivity index (χ4v) is 1.98. The molecule has 1 aromatic rings. The molecule has 1 N–H and O–H groups in total. The number of benzene rings is 1. The van der Waals surface area contributed by atoms with Crippen LogP contribution >= 0.6 is 0 Å². The molecule has 1 aromatic carbocycles. The predicted molar refractivity (Wildman–Crippen MR) is 94.9 cm³/mol. The number of carbonyl (C=O) groups is 1. The summed E-state index contributed by atoms with van der Waals surface area (Å²) in [6, 6.07) is 7.31. The molecule has 0 saturated heterocycles. The Morgan fingerprint density at radius 1 is 1.29 bits per heavy atom. The highest BCUT2D eigenvalue weighted by molar-refractivity contribution is 6.01. The molecule has 5 nitrogen and oxygen atoms in total. The van der Waals surface area contributed by atoms with E-state index in [2.05, 4.69) is 12.2 Å². The lowest BCUT2D eigenvalue weighted by Gasteiger charge is -2.12. The predicted octanol–water partition coefficient (Wildman–Crippen LogP) is 3.70. The summed E-state index contributed by atoms with van der Waals surface area (Å²) in [5.74, 6) is 0.908. The maximum Gasteiger partial charge on any atom is 0.262 e. The van der Waals surface area contributed by atoms with Gasteiger partial charge in [0.15, 0.2) is 11.5 Å². The van der Waals surface area contributed by atoms with Crippen LogP contribution in [0.4, 0.5) is 0 Å². The Bertz CT molecular complexity index is 616. The molecule has 0 unspecified atom stereocenters. The van der Waals surface area contributed by atoms with E-state index < -0.39 is 0 Å². The standard InChI is InChI=1S/C19H26N2O3/c1-5-7-10-24-17-9-8-15(12-18(17)23-6-2)11-16(13-20)19(22)21-14(3)4/h8-9,11-12,14H,5-7,10H2,1-4H3,(H,21,22)/b16-11+. The van der Waals surface area contributed by atoms with Gasteiger partial charge in [0, 0.05) is 6.04 Å². The smallest absolute Gasteiger partial charge is 0.262 e. The third-order valence-electron chi connectivity index (χ3n) is 3.12. The molecule has 24 heavy (non-hydrogen) atoms. The van der Waals surface area contributed by atoms with Gasteiger partial charge >= 0.3 is 0 Å². The van der Waals surface area contributed by atoms with Crippen molar-refractivity contribution >= 4 is 12.0 Å². The monoisotopic (exact) mass is 330 g/mol. The topological polar surface area (TPSA) is 71.3 Å². The van der Waals surface area contributed by atoms with Gasteiger partial charge in [0.25, 0.3) is 5.91 Å². The Kier molecular flexibility index (Phi) is 8.42. The van der Waals surface area contributed by atoms with E-state index in [-0.39, 0.29) is 17.5 Å². The molecule has 0 bridgehead atoms. The minimum absolute atomic E-state index is 0.0254. The van der Waals surface area contributed by atoms with E-state index in [1.807, 2.05) is 39.0 Å². The van der Waals surface area contributed by atoms with Crippen molar-refractivity contribution in [2.24, 2.45) is 0 Å². The van der Waals surface area contributed by atoms with E-state index in [9.17, 15) is 10.1 Å². The van der Waals surface area contributed by atoms with Crippen LogP contribution in [-0.4, -0.2) is 25.2 Å². The third-order valence-corrected chi connectivity index (χ3v) is 3.12. The average molecular weight is 330 g/mol. The largest absolute Gasteiger partial charge is 0.490 e. The zero-order chi connectivity index (χ0) is 17.9. The Morgan fingerprint density at radius 2 is 2.04 bits per heavy atom. The van der Waals surface area contributed by atoms with Crippen LogP contribution < -0.4 is 14.8 Å². The van der Waals surface area contributed by atoms with Crippen molar-refractivity contribution in [1.82, 2.24) is 5.32 Å². The molecule has 0 atom stereocenters. The van der Waals surface area contributed by atoms with E-state index in [1.54, 1.807) is 12.1 Å². The molecular formula is C19H26N2O3. The van der Waals surface area contributed by atoms with E-state index in [0.29, 0.717) is 24.7 Å². The molecular weight excluding hydrogens is 304 g/mol. The van der Waals surface area contributed by atoms with E-state index in [4.69, 9.17) is 9.47 Å². The molecule has 130 valence electrons. The third kappa shape index (κ3) is 6.33. The summed E-state index contributed by atoms with van der Waals surface area (Å²) in [6.07, 6.45) is 3.58. The van der Waals surface area contributed by atoms with Gasteiger partial charge in [-0.05, 0) is 51.0 Å². The zero-order valence-corrected chi connectivity index (χ0v) is 14.9. The van der Waals surface area contributed by atoms with Gasteiger partial charge in [0.2, 0.25) is 0 Å². The molecule has 0 radical (unpaired) electrons. The number of hydrogen-bond acceptors (Lipinski definition) is 4. The van der Waals surface area contributed by atoms with Gasteiger partial charge in [-0.3, -0.25) is 4.79 Å². The molecule has 0 aliphatic rings. The lowest BCUT2D eigenvalue weighted by Crippen LogP contribution is -2.30. The van der Waals surface area contributed by atoms with Gasteiger partial charge in [-0.15, -0.1) is 0 Å². The van der Waals surface area contributed by atoms with Crippen molar-refractivity contribution in [3.8, 4) is 17.6 Å². The summed E-state index contributed by atoms with van der Waals surface area (Å²) in [5, 5.41) is 11.9. The quantitative estimate of drug-likeness (QED) is 0.426. The summed E-state index contributed by atoms with van der Waals surface area (Å²) in [5.41, 5.74) is 0.780. The highest BCUT2D eigenvalue weighted by atomic mass is 16.5. The van der Waals surface area contributed by atoms with Crippen LogP contribution in [0.1, 0.15) is 46.1 Å². The lowest BCUT2D eigenvalue weighted by atomic mass is 10.1. The first-order valence-electron chi connectivity index (χ1n) is 8.34. The molecule has 0 spiro atoms. The van der Waals surface area contributed by atoms with Crippen molar-refractivity contribution in [3.05, 3.63) is 29.3 Å². The number of nitrogens with one attached hydrogen (secondary N) is 1. The average Bonchev–Trinajstić information content (AvgIpc) is 2.54. The Hall–Kier alpha value is -2.48. The summed E-state index contributed by atoms with van der Waals surface area (Å²) < 4.78 is 11.3. The summed E-state index contributed by atoms with van der Waals surface area (Å²) in [6.45, 7) is 8.84. The van der Waals surface area contributed by atoms with Crippen molar-refractivity contribution in [1.29, 1.82) is 5.26 Å². The molecule has 1 amide bonds. The molecule has 5 heteroatoms. The number of carbonyl (C=O) groups excluding carboxylic acids is 1. The first-order valence-corrected chi connectivity index (χ1v) is 8.34. The van der Waals surface area contributed by atoms with Crippen molar-refractivity contribution < 1.29 is 14.3 Å². The molecule has 1 rings (SSSR count). The molecule has 0 aliphatic heterocycles. The second kappa shape index (κ2) is 10.3. The Balaban J connectivity index is 3.02. The lowest BCUT2D eigenvalue weighted by molar-refractivity contribution is -0.117. The highest BCUT2D eigenvalue weighted by Crippen LogP contribution is 2.29. The highest BCUT2D eigenvalue weighted by Gasteiger charge is 2.11. The number of nitrogens with zero attached hydrogens (tertiary/aromatic N) is 1. The SMILES string of the molecule is CCCCOc1ccc(/C=C(\C#N)C(=O)NC(C)C)cc1OCC. The fourth-order valence-electron chi connectivity index (χ4n) is 1.98. The van der Waals surface area contributed by atoms with Crippen molar-refractivity contribution in [3.63, 3.8) is 0 Å². The Labute approximate surface area is 144 Å². The molecule has 0 aromatic heterocycles. The molecule has 0 aliphatic carbocycles. The number of ether oxygens (including phenoxy) is 2. The summed E-state index contributed by atoms with van der Waals surface area (Å²) in [4.78, 5) is 12.0. The normalized spacial score (nSPS) is 11.1. The van der Waals surface area contributed by atoms with Crippen LogP contribution in [0.2, 0.25) is 0 Å². The van der Waals surface area contributed by atoms with Gasteiger partial charge < -0.3 is 14.8 Å². The first-order chi connectivity index (χ1) is 11.5. The minimum Gasteiger partial charge on any atom is -0.490 e. The van der Waals surface area contributed by atoms with Crippen molar-refractivity contribution in [2.45, 2.75) is 46.6 Å². The molecule has 0 saturated carbocycles. The Morgan fingerprint density at radius 3 is 2.62 bits per heavy atom. The maximum atomic E-state index is 12.0. The summed E-state index contributed by atoms with van der Waals surface area (Å²) in [7, 11) is 0. The van der Waals surface area contributed by atoms with Gasteiger partial charge in [-0.25, -0.2) is 0 Å². The van der Waals surface area contributed by atoms with Gasteiger partial charge in [0.1, 0.15) is 11.6 Å². The number of unbranched alkanes of at least 4 members (excludes halogenated alkanes) is 1. The summed E-state index contributed by atoms with van der Waals surface area (Å²) >= 11 is 0. The number of rotatable bonds is 9. The van der Waals surface area contributed by atoms with Crippen LogP contribution in [0.25, 0.3) is 6.08 Å². The van der Waals surface area contributed by atoms with Gasteiger partial charge in [-0.1, -0.05) is 19.4 Å². The van der Waals surface area contributed by atoms with Gasteiger partial charge in [-0.2, -0.15) is 5.26 Å². The van der Waals surface area contributed by atoms with E-state index in [0.717, 1.165) is 18.4 Å². The van der Waals surface area contributed by atoms with Crippen molar-refractivity contribution in [2.75, 3.05) is 13.2 Å².